The molecule has 0 fully saturated rings. The molecule has 1 heterocycles. The van der Waals surface area contributed by atoms with Gasteiger partial charge >= 0.3 is 0 Å². The number of para-hydroxylation sites is 2. The third-order valence-corrected chi connectivity index (χ3v) is 4.58. The number of nitrogens with zero attached hydrogens (tertiary/aromatic N) is 1. The van der Waals surface area contributed by atoms with Gasteiger partial charge in [0.2, 0.25) is 0 Å². The summed E-state index contributed by atoms with van der Waals surface area (Å²) in [6.07, 6.45) is 2.02. The van der Waals surface area contributed by atoms with Gasteiger partial charge in [-0.2, -0.15) is 0 Å². The summed E-state index contributed by atoms with van der Waals surface area (Å²) in [6, 6.07) is 17.4. The van der Waals surface area contributed by atoms with Crippen LogP contribution in [-0.4, -0.2) is 13.2 Å². The van der Waals surface area contributed by atoms with Crippen molar-refractivity contribution in [2.75, 3.05) is 18.1 Å². The molecular formula is C18H20N2O. The first-order valence-electron chi connectivity index (χ1n) is 7.67. The Bertz CT molecular complexity index is 655. The van der Waals surface area contributed by atoms with E-state index in [1.165, 1.54) is 16.8 Å². The highest BCUT2D eigenvalue weighted by atomic mass is 16.5. The molecule has 2 aromatic carbocycles. The average molecular weight is 280 g/mol. The maximum absolute atomic E-state index is 6.34. The highest BCUT2D eigenvalue weighted by Crippen LogP contribution is 2.45. The van der Waals surface area contributed by atoms with Crippen LogP contribution in [0.25, 0.3) is 0 Å². The van der Waals surface area contributed by atoms with Gasteiger partial charge in [0.15, 0.2) is 0 Å². The molecule has 0 saturated carbocycles. The Kier molecular flexibility index (Phi) is 3.08. The molecule has 3 nitrogen and oxygen atoms in total. The van der Waals surface area contributed by atoms with Crippen molar-refractivity contribution in [3.8, 4) is 5.75 Å². The van der Waals surface area contributed by atoms with Gasteiger partial charge in [-0.15, -0.1) is 0 Å². The second-order valence-electron chi connectivity index (χ2n) is 5.85. The SMILES string of the molecule is NC1CC(N2CCCOc3ccccc32)c2ccccc21. The van der Waals surface area contributed by atoms with Gasteiger partial charge in [-0.05, 0) is 36.1 Å². The van der Waals surface area contributed by atoms with Crippen LogP contribution < -0.4 is 15.4 Å². The summed E-state index contributed by atoms with van der Waals surface area (Å²) in [5.41, 5.74) is 10.2. The predicted molar refractivity (Wildman–Crippen MR) is 84.6 cm³/mol. The van der Waals surface area contributed by atoms with Crippen molar-refractivity contribution in [3.05, 3.63) is 59.7 Å². The van der Waals surface area contributed by atoms with Gasteiger partial charge < -0.3 is 15.4 Å². The van der Waals surface area contributed by atoms with Crippen molar-refractivity contribution in [1.82, 2.24) is 0 Å². The van der Waals surface area contributed by atoms with E-state index >= 15 is 0 Å². The van der Waals surface area contributed by atoms with Crippen molar-refractivity contribution in [2.45, 2.75) is 24.9 Å². The van der Waals surface area contributed by atoms with Gasteiger partial charge in [0.25, 0.3) is 0 Å². The summed E-state index contributed by atoms with van der Waals surface area (Å²) >= 11 is 0. The number of nitrogens with two attached hydrogens (primary N) is 1. The molecule has 0 bridgehead atoms. The number of rotatable bonds is 1. The molecule has 2 N–H and O–H groups in total. The van der Waals surface area contributed by atoms with Gasteiger partial charge in [-0.1, -0.05) is 36.4 Å². The molecule has 0 amide bonds. The van der Waals surface area contributed by atoms with E-state index < -0.39 is 0 Å². The van der Waals surface area contributed by atoms with Crippen LogP contribution in [0.5, 0.6) is 5.75 Å². The molecule has 4 rings (SSSR count). The first kappa shape index (κ1) is 12.7. The summed E-state index contributed by atoms with van der Waals surface area (Å²) in [6.45, 7) is 1.80. The minimum atomic E-state index is 0.141. The maximum atomic E-state index is 6.34. The van der Waals surface area contributed by atoms with Gasteiger partial charge in [0, 0.05) is 12.6 Å². The second-order valence-corrected chi connectivity index (χ2v) is 5.85. The fourth-order valence-corrected chi connectivity index (χ4v) is 3.62. The number of anilines is 1. The summed E-state index contributed by atoms with van der Waals surface area (Å²) in [4.78, 5) is 2.48. The van der Waals surface area contributed by atoms with Crippen LogP contribution in [0.3, 0.4) is 0 Å². The molecule has 0 spiro atoms. The van der Waals surface area contributed by atoms with Crippen molar-refractivity contribution in [3.63, 3.8) is 0 Å². The molecule has 2 aromatic rings. The Labute approximate surface area is 125 Å². The Hall–Kier alpha value is -2.00. The Balaban J connectivity index is 1.78. The molecule has 0 radical (unpaired) electrons. The van der Waals surface area contributed by atoms with Crippen LogP contribution in [0.4, 0.5) is 5.69 Å². The topological polar surface area (TPSA) is 38.5 Å². The lowest BCUT2D eigenvalue weighted by Crippen LogP contribution is -2.28. The maximum Gasteiger partial charge on any atom is 0.142 e. The summed E-state index contributed by atoms with van der Waals surface area (Å²) < 4.78 is 5.88. The third kappa shape index (κ3) is 2.09. The first-order valence-corrected chi connectivity index (χ1v) is 7.67. The van der Waals surface area contributed by atoms with E-state index in [4.69, 9.17) is 10.5 Å². The fourth-order valence-electron chi connectivity index (χ4n) is 3.62. The van der Waals surface area contributed by atoms with E-state index in [2.05, 4.69) is 47.4 Å². The standard InChI is InChI=1S/C18H20N2O/c19-15-12-17(14-7-2-1-6-13(14)15)20-10-5-11-21-18-9-4-3-8-16(18)20/h1-4,6-9,15,17H,5,10-12,19H2. The first-order chi connectivity index (χ1) is 10.3. The number of fused-ring (bicyclic) bond motifs is 2. The van der Waals surface area contributed by atoms with Crippen molar-refractivity contribution in [2.24, 2.45) is 5.73 Å². The highest BCUT2D eigenvalue weighted by molar-refractivity contribution is 5.61. The Morgan fingerprint density at radius 1 is 1.00 bits per heavy atom. The van der Waals surface area contributed by atoms with Crippen LogP contribution in [0.2, 0.25) is 0 Å². The number of hydrogen-bond acceptors (Lipinski definition) is 3. The van der Waals surface area contributed by atoms with Crippen LogP contribution in [0, 0.1) is 0 Å². The molecule has 2 aliphatic rings. The molecule has 2 unspecified atom stereocenters. The minimum Gasteiger partial charge on any atom is -0.491 e. The summed E-state index contributed by atoms with van der Waals surface area (Å²) in [5.74, 6) is 0.993. The lowest BCUT2D eigenvalue weighted by atomic mass is 10.1. The van der Waals surface area contributed by atoms with Gasteiger partial charge in [-0.3, -0.25) is 0 Å². The normalized spacial score (nSPS) is 24.0. The number of benzene rings is 2. The molecule has 3 heteroatoms. The van der Waals surface area contributed by atoms with Crippen LogP contribution >= 0.6 is 0 Å². The molecule has 108 valence electrons. The molecule has 0 aromatic heterocycles. The molecule has 0 saturated heterocycles. The third-order valence-electron chi connectivity index (χ3n) is 4.58. The molecule has 1 aliphatic carbocycles. The van der Waals surface area contributed by atoms with Gasteiger partial charge in [0.1, 0.15) is 5.75 Å². The lowest BCUT2D eigenvalue weighted by molar-refractivity contribution is 0.322. The zero-order chi connectivity index (χ0) is 14.2. The smallest absolute Gasteiger partial charge is 0.142 e. The second kappa shape index (κ2) is 5.08. The van der Waals surface area contributed by atoms with E-state index in [0.29, 0.717) is 6.04 Å². The fraction of sp³-hybridized carbons (Fsp3) is 0.333. The lowest BCUT2D eigenvalue weighted by Gasteiger charge is -2.31. The number of hydrogen-bond donors (Lipinski definition) is 1. The summed E-state index contributed by atoms with van der Waals surface area (Å²) in [7, 11) is 0. The van der Waals surface area contributed by atoms with Gasteiger partial charge in [-0.25, -0.2) is 0 Å². The summed E-state index contributed by atoms with van der Waals surface area (Å²) in [5, 5.41) is 0. The molecule has 21 heavy (non-hydrogen) atoms. The molecule has 2 atom stereocenters. The van der Waals surface area contributed by atoms with Crippen molar-refractivity contribution >= 4 is 5.69 Å². The van der Waals surface area contributed by atoms with Crippen molar-refractivity contribution in [1.29, 1.82) is 0 Å². The van der Waals surface area contributed by atoms with E-state index in [9.17, 15) is 0 Å². The zero-order valence-corrected chi connectivity index (χ0v) is 12.0. The average Bonchev–Trinajstić information content (AvgIpc) is 2.72. The van der Waals surface area contributed by atoms with Crippen molar-refractivity contribution < 1.29 is 4.74 Å². The van der Waals surface area contributed by atoms with E-state index in [0.717, 1.165) is 31.7 Å². The minimum absolute atomic E-state index is 0.141. The molecular weight excluding hydrogens is 260 g/mol. The Morgan fingerprint density at radius 3 is 2.67 bits per heavy atom. The van der Waals surface area contributed by atoms with E-state index in [1.807, 2.05) is 6.07 Å². The monoisotopic (exact) mass is 280 g/mol. The van der Waals surface area contributed by atoms with Crippen LogP contribution in [0.15, 0.2) is 48.5 Å². The number of ether oxygens (including phenoxy) is 1. The quantitative estimate of drug-likeness (QED) is 0.870. The predicted octanol–water partition coefficient (Wildman–Crippen LogP) is 3.42. The highest BCUT2D eigenvalue weighted by Gasteiger charge is 2.34. The zero-order valence-electron chi connectivity index (χ0n) is 12.0. The largest absolute Gasteiger partial charge is 0.491 e. The Morgan fingerprint density at radius 2 is 1.76 bits per heavy atom. The van der Waals surface area contributed by atoms with Crippen LogP contribution in [0.1, 0.15) is 36.1 Å². The van der Waals surface area contributed by atoms with Gasteiger partial charge in [0.05, 0.1) is 18.3 Å². The van der Waals surface area contributed by atoms with E-state index in [1.54, 1.807) is 0 Å². The van der Waals surface area contributed by atoms with Crippen LogP contribution in [-0.2, 0) is 0 Å². The van der Waals surface area contributed by atoms with E-state index in [-0.39, 0.29) is 6.04 Å². The molecule has 1 aliphatic heterocycles.